The minimum atomic E-state index is 0.113. The van der Waals surface area contributed by atoms with Crippen LogP contribution >= 0.6 is 27.3 Å². The summed E-state index contributed by atoms with van der Waals surface area (Å²) in [5.74, 6) is 0.113. The average molecular weight is 335 g/mol. The van der Waals surface area contributed by atoms with Gasteiger partial charge in [-0.25, -0.2) is 0 Å². The maximum absolute atomic E-state index is 11.7. The Bertz CT molecular complexity index is 382. The number of halogens is 1. The lowest BCUT2D eigenvalue weighted by molar-refractivity contribution is -0.130. The van der Waals surface area contributed by atoms with Gasteiger partial charge >= 0.3 is 0 Å². The first-order chi connectivity index (χ1) is 8.52. The number of rotatable bonds is 7. The van der Waals surface area contributed by atoms with Crippen LogP contribution in [-0.4, -0.2) is 56.6 Å². The van der Waals surface area contributed by atoms with Gasteiger partial charge in [-0.3, -0.25) is 9.69 Å². The van der Waals surface area contributed by atoms with Gasteiger partial charge in [-0.15, -0.1) is 11.3 Å². The van der Waals surface area contributed by atoms with Crippen LogP contribution in [0.15, 0.2) is 15.9 Å². The number of carbonyl (C=O) groups excluding carboxylic acids is 1. The molecule has 4 nitrogen and oxygen atoms in total. The highest BCUT2D eigenvalue weighted by atomic mass is 79.9. The number of ether oxygens (including phenoxy) is 1. The molecule has 0 atom stereocenters. The molecule has 1 amide bonds. The summed E-state index contributed by atoms with van der Waals surface area (Å²) in [4.78, 5) is 16.7. The quantitative estimate of drug-likeness (QED) is 0.765. The molecule has 0 spiro atoms. The summed E-state index contributed by atoms with van der Waals surface area (Å²) in [7, 11) is 5.23. The summed E-state index contributed by atoms with van der Waals surface area (Å²) >= 11 is 5.14. The van der Waals surface area contributed by atoms with Gasteiger partial charge in [0.15, 0.2) is 0 Å². The summed E-state index contributed by atoms with van der Waals surface area (Å²) in [6.07, 6.45) is 0. The number of carbonyl (C=O) groups is 1. The van der Waals surface area contributed by atoms with E-state index in [-0.39, 0.29) is 5.91 Å². The molecule has 0 N–H and O–H groups in total. The third-order valence-electron chi connectivity index (χ3n) is 2.48. The first-order valence-electron chi connectivity index (χ1n) is 5.68. The van der Waals surface area contributed by atoms with E-state index in [9.17, 15) is 4.79 Å². The van der Waals surface area contributed by atoms with Crippen molar-refractivity contribution in [3.05, 3.63) is 20.8 Å². The van der Waals surface area contributed by atoms with E-state index in [1.165, 1.54) is 4.88 Å². The number of methoxy groups -OCH3 is 1. The van der Waals surface area contributed by atoms with E-state index in [0.717, 1.165) is 16.9 Å². The third kappa shape index (κ3) is 5.48. The molecule has 6 heteroatoms. The normalized spacial score (nSPS) is 10.9. The van der Waals surface area contributed by atoms with Crippen molar-refractivity contribution in [1.82, 2.24) is 9.80 Å². The van der Waals surface area contributed by atoms with Crippen molar-refractivity contribution in [3.8, 4) is 0 Å². The lowest BCUT2D eigenvalue weighted by Crippen LogP contribution is -2.37. The maximum atomic E-state index is 11.7. The number of amides is 1. The molecule has 1 aromatic heterocycles. The van der Waals surface area contributed by atoms with Crippen molar-refractivity contribution < 1.29 is 9.53 Å². The van der Waals surface area contributed by atoms with Crippen molar-refractivity contribution in [2.45, 2.75) is 6.54 Å². The van der Waals surface area contributed by atoms with Gasteiger partial charge in [-0.05, 0) is 28.1 Å². The Kier molecular flexibility index (Phi) is 6.85. The molecule has 0 radical (unpaired) electrons. The van der Waals surface area contributed by atoms with Gasteiger partial charge in [0, 0.05) is 39.2 Å². The summed E-state index contributed by atoms with van der Waals surface area (Å²) in [5, 5.41) is 0. The smallest absolute Gasteiger partial charge is 0.236 e. The second-order valence-corrected chi connectivity index (χ2v) is 6.75. The first-order valence-corrected chi connectivity index (χ1v) is 7.29. The molecule has 0 fully saturated rings. The van der Waals surface area contributed by atoms with Crippen LogP contribution in [0.5, 0.6) is 0 Å². The SMILES string of the molecule is COCCN(CC(=O)N(C)C)Cc1ccc(Br)s1. The molecule has 1 rings (SSSR count). The van der Waals surface area contributed by atoms with Crippen molar-refractivity contribution in [2.75, 3.05) is 40.9 Å². The molecule has 0 saturated carbocycles. The van der Waals surface area contributed by atoms with E-state index in [1.807, 2.05) is 6.07 Å². The molecule has 102 valence electrons. The Hall–Kier alpha value is -0.430. The molecule has 18 heavy (non-hydrogen) atoms. The molecular weight excluding hydrogens is 316 g/mol. The summed E-state index contributed by atoms with van der Waals surface area (Å²) in [6, 6.07) is 4.11. The van der Waals surface area contributed by atoms with E-state index >= 15 is 0 Å². The van der Waals surface area contributed by atoms with E-state index in [0.29, 0.717) is 13.2 Å². The minimum Gasteiger partial charge on any atom is -0.383 e. The molecule has 0 aromatic carbocycles. The number of hydrogen-bond acceptors (Lipinski definition) is 4. The van der Waals surface area contributed by atoms with Crippen LogP contribution in [0.3, 0.4) is 0 Å². The van der Waals surface area contributed by atoms with Crippen LogP contribution < -0.4 is 0 Å². The van der Waals surface area contributed by atoms with Crippen LogP contribution in [0.2, 0.25) is 0 Å². The fourth-order valence-corrected chi connectivity index (χ4v) is 2.95. The Balaban J connectivity index is 2.57. The number of nitrogens with zero attached hydrogens (tertiary/aromatic N) is 2. The highest BCUT2D eigenvalue weighted by Crippen LogP contribution is 2.23. The second kappa shape index (κ2) is 7.89. The Labute approximate surface area is 121 Å². The lowest BCUT2D eigenvalue weighted by atomic mass is 10.3. The van der Waals surface area contributed by atoms with Crippen LogP contribution in [0, 0.1) is 0 Å². The van der Waals surface area contributed by atoms with Gasteiger partial charge in [-0.1, -0.05) is 0 Å². The van der Waals surface area contributed by atoms with Gasteiger partial charge in [0.05, 0.1) is 16.9 Å². The van der Waals surface area contributed by atoms with E-state index in [4.69, 9.17) is 4.74 Å². The molecule has 0 aliphatic rings. The fourth-order valence-electron chi connectivity index (χ4n) is 1.42. The molecule has 1 heterocycles. The monoisotopic (exact) mass is 334 g/mol. The topological polar surface area (TPSA) is 32.8 Å². The summed E-state index contributed by atoms with van der Waals surface area (Å²) in [6.45, 7) is 2.59. The average Bonchev–Trinajstić information content (AvgIpc) is 2.71. The van der Waals surface area contributed by atoms with E-state index in [1.54, 1.807) is 37.4 Å². The summed E-state index contributed by atoms with van der Waals surface area (Å²) < 4.78 is 6.20. The van der Waals surface area contributed by atoms with Crippen molar-refractivity contribution in [1.29, 1.82) is 0 Å². The molecule has 0 bridgehead atoms. The van der Waals surface area contributed by atoms with Gasteiger partial charge in [0.25, 0.3) is 0 Å². The lowest BCUT2D eigenvalue weighted by Gasteiger charge is -2.22. The zero-order valence-electron chi connectivity index (χ0n) is 11.0. The number of thiophene rings is 1. The Morgan fingerprint density at radius 3 is 2.67 bits per heavy atom. The van der Waals surface area contributed by atoms with E-state index in [2.05, 4.69) is 26.9 Å². The van der Waals surface area contributed by atoms with Crippen molar-refractivity contribution in [2.24, 2.45) is 0 Å². The van der Waals surface area contributed by atoms with Crippen LogP contribution in [-0.2, 0) is 16.1 Å². The Morgan fingerprint density at radius 1 is 1.44 bits per heavy atom. The molecular formula is C12H19BrN2O2S. The number of hydrogen-bond donors (Lipinski definition) is 0. The van der Waals surface area contributed by atoms with Gasteiger partial charge in [0.2, 0.25) is 5.91 Å². The van der Waals surface area contributed by atoms with Crippen LogP contribution in [0.1, 0.15) is 4.88 Å². The zero-order chi connectivity index (χ0) is 13.5. The van der Waals surface area contributed by atoms with Crippen molar-refractivity contribution in [3.63, 3.8) is 0 Å². The summed E-state index contributed by atoms with van der Waals surface area (Å²) in [5.41, 5.74) is 0. The molecule has 0 aliphatic heterocycles. The highest BCUT2D eigenvalue weighted by molar-refractivity contribution is 9.11. The third-order valence-corrected chi connectivity index (χ3v) is 4.09. The van der Waals surface area contributed by atoms with E-state index < -0.39 is 0 Å². The predicted molar refractivity (Wildman–Crippen MR) is 77.9 cm³/mol. The first kappa shape index (κ1) is 15.6. The second-order valence-electron chi connectivity index (χ2n) is 4.20. The highest BCUT2D eigenvalue weighted by Gasteiger charge is 2.13. The maximum Gasteiger partial charge on any atom is 0.236 e. The van der Waals surface area contributed by atoms with Gasteiger partial charge < -0.3 is 9.64 Å². The van der Waals surface area contributed by atoms with Crippen LogP contribution in [0.25, 0.3) is 0 Å². The molecule has 0 saturated heterocycles. The number of likely N-dealkylation sites (N-methyl/N-ethyl adjacent to an activating group) is 1. The predicted octanol–water partition coefficient (Wildman–Crippen LogP) is 2.05. The Morgan fingerprint density at radius 2 is 2.17 bits per heavy atom. The van der Waals surface area contributed by atoms with Gasteiger partial charge in [-0.2, -0.15) is 0 Å². The molecule has 0 unspecified atom stereocenters. The standard InChI is InChI=1S/C12H19BrN2O2S/c1-14(2)12(16)9-15(6-7-17-3)8-10-4-5-11(13)18-10/h4-5H,6-9H2,1-3H3. The molecule has 1 aromatic rings. The molecule has 0 aliphatic carbocycles. The van der Waals surface area contributed by atoms with Crippen molar-refractivity contribution >= 4 is 33.2 Å². The van der Waals surface area contributed by atoms with Crippen LogP contribution in [0.4, 0.5) is 0 Å². The minimum absolute atomic E-state index is 0.113. The zero-order valence-corrected chi connectivity index (χ0v) is 13.4. The fraction of sp³-hybridized carbons (Fsp3) is 0.583. The largest absolute Gasteiger partial charge is 0.383 e. The van der Waals surface area contributed by atoms with Gasteiger partial charge in [0.1, 0.15) is 0 Å².